The summed E-state index contributed by atoms with van der Waals surface area (Å²) < 4.78 is 0. The van der Waals surface area contributed by atoms with Crippen molar-refractivity contribution in [3.63, 3.8) is 0 Å². The highest BCUT2D eigenvalue weighted by molar-refractivity contribution is 4.83. The fraction of sp³-hybridized carbons (Fsp3) is 1.00. The molecule has 0 aromatic carbocycles. The molecular weight excluding hydrogens is 198 g/mol. The maximum atomic E-state index is 3.28. The minimum atomic E-state index is 0.690. The molecule has 1 rings (SSSR count). The summed E-state index contributed by atoms with van der Waals surface area (Å²) in [6, 6.07) is 1.44. The Bertz CT molecular complexity index is 194. The van der Waals surface area contributed by atoms with Crippen LogP contribution in [0.3, 0.4) is 0 Å². The van der Waals surface area contributed by atoms with Gasteiger partial charge in [-0.25, -0.2) is 0 Å². The summed E-state index contributed by atoms with van der Waals surface area (Å²) in [4.78, 5) is 5.04. The third-order valence-electron chi connectivity index (χ3n) is 4.08. The molecule has 1 heterocycles. The van der Waals surface area contributed by atoms with Gasteiger partial charge in [0.1, 0.15) is 0 Å². The Labute approximate surface area is 101 Å². The molecule has 1 aliphatic heterocycles. The average molecular weight is 227 g/mol. The van der Waals surface area contributed by atoms with Crippen molar-refractivity contribution in [2.45, 2.75) is 38.8 Å². The van der Waals surface area contributed by atoms with Crippen molar-refractivity contribution >= 4 is 0 Å². The molecule has 1 N–H and O–H groups in total. The summed E-state index contributed by atoms with van der Waals surface area (Å²) in [5.74, 6) is 0.728. The third-order valence-corrected chi connectivity index (χ3v) is 4.08. The molecule has 0 aliphatic carbocycles. The van der Waals surface area contributed by atoms with Gasteiger partial charge in [-0.1, -0.05) is 6.92 Å². The maximum absolute atomic E-state index is 3.28. The van der Waals surface area contributed by atoms with E-state index in [1.54, 1.807) is 0 Å². The number of rotatable bonds is 5. The summed E-state index contributed by atoms with van der Waals surface area (Å²) in [5.41, 5.74) is 0. The van der Waals surface area contributed by atoms with Crippen LogP contribution in [0.4, 0.5) is 0 Å². The zero-order valence-electron chi connectivity index (χ0n) is 11.7. The standard InChI is InChI=1S/C13H29N3/c1-11(9-14-3)12(2)16-8-6-7-13(10-16)15(4)5/h11-14H,6-10H2,1-5H3. The van der Waals surface area contributed by atoms with E-state index in [1.165, 1.54) is 25.9 Å². The van der Waals surface area contributed by atoms with E-state index in [2.05, 4.69) is 43.1 Å². The highest BCUT2D eigenvalue weighted by Crippen LogP contribution is 2.19. The van der Waals surface area contributed by atoms with E-state index < -0.39 is 0 Å². The maximum Gasteiger partial charge on any atom is 0.0217 e. The highest BCUT2D eigenvalue weighted by Gasteiger charge is 2.26. The van der Waals surface area contributed by atoms with Gasteiger partial charge in [0.15, 0.2) is 0 Å². The van der Waals surface area contributed by atoms with Gasteiger partial charge < -0.3 is 10.2 Å². The molecule has 96 valence electrons. The van der Waals surface area contributed by atoms with Gasteiger partial charge in [-0.3, -0.25) is 4.90 Å². The first-order valence-corrected chi connectivity index (χ1v) is 6.61. The normalized spacial score (nSPS) is 27.0. The Morgan fingerprint density at radius 3 is 2.62 bits per heavy atom. The van der Waals surface area contributed by atoms with Gasteiger partial charge >= 0.3 is 0 Å². The molecule has 0 spiro atoms. The van der Waals surface area contributed by atoms with E-state index in [0.29, 0.717) is 6.04 Å². The predicted octanol–water partition coefficient (Wildman–Crippen LogP) is 1.26. The van der Waals surface area contributed by atoms with E-state index in [4.69, 9.17) is 0 Å². The lowest BCUT2D eigenvalue weighted by atomic mass is 9.97. The quantitative estimate of drug-likeness (QED) is 0.763. The van der Waals surface area contributed by atoms with Gasteiger partial charge in [0, 0.05) is 18.6 Å². The topological polar surface area (TPSA) is 18.5 Å². The van der Waals surface area contributed by atoms with Crippen molar-refractivity contribution in [1.29, 1.82) is 0 Å². The minimum absolute atomic E-state index is 0.690. The Balaban J connectivity index is 2.46. The fourth-order valence-electron chi connectivity index (χ4n) is 2.63. The monoisotopic (exact) mass is 227 g/mol. The number of nitrogens with one attached hydrogen (secondary N) is 1. The molecule has 3 unspecified atom stereocenters. The van der Waals surface area contributed by atoms with Crippen molar-refractivity contribution < 1.29 is 0 Å². The van der Waals surface area contributed by atoms with Crippen LogP contribution in [0, 0.1) is 5.92 Å². The van der Waals surface area contributed by atoms with Gasteiger partial charge in [0.2, 0.25) is 0 Å². The molecule has 16 heavy (non-hydrogen) atoms. The Morgan fingerprint density at radius 1 is 1.38 bits per heavy atom. The number of piperidine rings is 1. The predicted molar refractivity (Wildman–Crippen MR) is 70.8 cm³/mol. The van der Waals surface area contributed by atoms with Crippen molar-refractivity contribution in [1.82, 2.24) is 15.1 Å². The van der Waals surface area contributed by atoms with E-state index >= 15 is 0 Å². The van der Waals surface area contributed by atoms with E-state index in [-0.39, 0.29) is 0 Å². The molecule has 3 atom stereocenters. The largest absolute Gasteiger partial charge is 0.319 e. The molecule has 3 heteroatoms. The van der Waals surface area contributed by atoms with Crippen LogP contribution >= 0.6 is 0 Å². The van der Waals surface area contributed by atoms with Crippen molar-refractivity contribution in [2.75, 3.05) is 40.8 Å². The van der Waals surface area contributed by atoms with Gasteiger partial charge in [-0.05, 0) is 59.9 Å². The second kappa shape index (κ2) is 6.58. The Morgan fingerprint density at radius 2 is 2.06 bits per heavy atom. The van der Waals surface area contributed by atoms with Crippen LogP contribution < -0.4 is 5.32 Å². The van der Waals surface area contributed by atoms with E-state index in [1.807, 2.05) is 7.05 Å². The van der Waals surface area contributed by atoms with Crippen molar-refractivity contribution in [3.05, 3.63) is 0 Å². The second-order valence-corrected chi connectivity index (χ2v) is 5.53. The molecule has 1 fully saturated rings. The molecule has 0 bridgehead atoms. The van der Waals surface area contributed by atoms with Crippen LogP contribution in [-0.2, 0) is 0 Å². The first-order chi connectivity index (χ1) is 7.56. The van der Waals surface area contributed by atoms with Crippen molar-refractivity contribution in [2.24, 2.45) is 5.92 Å². The van der Waals surface area contributed by atoms with Gasteiger partial charge in [0.05, 0.1) is 0 Å². The highest BCUT2D eigenvalue weighted by atomic mass is 15.2. The molecule has 0 aromatic rings. The van der Waals surface area contributed by atoms with Gasteiger partial charge in [-0.2, -0.15) is 0 Å². The van der Waals surface area contributed by atoms with E-state index in [9.17, 15) is 0 Å². The minimum Gasteiger partial charge on any atom is -0.319 e. The van der Waals surface area contributed by atoms with Crippen molar-refractivity contribution in [3.8, 4) is 0 Å². The SMILES string of the molecule is CNCC(C)C(C)N1CCCC(N(C)C)C1. The number of nitrogens with zero attached hydrogens (tertiary/aromatic N) is 2. The summed E-state index contributed by atoms with van der Waals surface area (Å²) in [5, 5.41) is 3.28. The summed E-state index contributed by atoms with van der Waals surface area (Å²) in [7, 11) is 6.45. The first kappa shape index (κ1) is 13.9. The molecule has 3 nitrogen and oxygen atoms in total. The lowest BCUT2D eigenvalue weighted by Crippen LogP contribution is -2.50. The smallest absolute Gasteiger partial charge is 0.0217 e. The Kier molecular flexibility index (Phi) is 5.73. The third kappa shape index (κ3) is 3.72. The van der Waals surface area contributed by atoms with Crippen LogP contribution in [0.5, 0.6) is 0 Å². The number of likely N-dealkylation sites (N-methyl/N-ethyl adjacent to an activating group) is 1. The molecular formula is C13H29N3. The lowest BCUT2D eigenvalue weighted by Gasteiger charge is -2.41. The second-order valence-electron chi connectivity index (χ2n) is 5.53. The molecule has 0 amide bonds. The lowest BCUT2D eigenvalue weighted by molar-refractivity contribution is 0.0805. The molecule has 0 aromatic heterocycles. The number of hydrogen-bond acceptors (Lipinski definition) is 3. The molecule has 1 saturated heterocycles. The first-order valence-electron chi connectivity index (χ1n) is 6.61. The summed E-state index contributed by atoms with van der Waals surface area (Å²) in [6.07, 6.45) is 2.70. The fourth-order valence-corrected chi connectivity index (χ4v) is 2.63. The molecule has 1 aliphatic rings. The van der Waals surface area contributed by atoms with E-state index in [0.717, 1.165) is 18.5 Å². The summed E-state index contributed by atoms with van der Waals surface area (Å²) >= 11 is 0. The average Bonchev–Trinajstić information content (AvgIpc) is 2.28. The van der Waals surface area contributed by atoms with Crippen LogP contribution in [0.1, 0.15) is 26.7 Å². The zero-order chi connectivity index (χ0) is 12.1. The zero-order valence-corrected chi connectivity index (χ0v) is 11.7. The van der Waals surface area contributed by atoms with Gasteiger partial charge in [0.25, 0.3) is 0 Å². The number of likely N-dealkylation sites (tertiary alicyclic amines) is 1. The van der Waals surface area contributed by atoms with Crippen LogP contribution in [0.2, 0.25) is 0 Å². The Hall–Kier alpha value is -0.120. The number of hydrogen-bond donors (Lipinski definition) is 1. The molecule has 0 radical (unpaired) electrons. The van der Waals surface area contributed by atoms with Crippen LogP contribution in [0.15, 0.2) is 0 Å². The summed E-state index contributed by atoms with van der Waals surface area (Å²) in [6.45, 7) is 8.35. The van der Waals surface area contributed by atoms with Gasteiger partial charge in [-0.15, -0.1) is 0 Å². The molecule has 0 saturated carbocycles. The van der Waals surface area contributed by atoms with Crippen LogP contribution in [-0.4, -0.2) is 62.7 Å². The van der Waals surface area contributed by atoms with Crippen LogP contribution in [0.25, 0.3) is 0 Å².